The van der Waals surface area contributed by atoms with Gasteiger partial charge in [-0.2, -0.15) is 0 Å². The van der Waals surface area contributed by atoms with Gasteiger partial charge in [0, 0.05) is 5.02 Å². The second-order valence-corrected chi connectivity index (χ2v) is 3.28. The van der Waals surface area contributed by atoms with Crippen LogP contribution in [-0.2, 0) is 0 Å². The van der Waals surface area contributed by atoms with E-state index < -0.39 is 17.7 Å². The van der Waals surface area contributed by atoms with Crippen molar-refractivity contribution in [1.82, 2.24) is 10.2 Å². The van der Waals surface area contributed by atoms with Crippen LogP contribution in [0.1, 0.15) is 10.7 Å². The van der Waals surface area contributed by atoms with E-state index in [1.54, 1.807) is 0 Å². The first-order valence-electron chi connectivity index (χ1n) is 4.10. The highest BCUT2D eigenvalue weighted by atomic mass is 35.5. The molecule has 0 aliphatic heterocycles. The maximum atomic E-state index is 13.4. The summed E-state index contributed by atoms with van der Waals surface area (Å²) in [4.78, 5) is 10.5. The van der Waals surface area contributed by atoms with Crippen LogP contribution >= 0.6 is 11.6 Å². The molecule has 2 rings (SSSR count). The minimum Gasteiger partial charge on any atom is -0.474 e. The fraction of sp³-hybridized carbons (Fsp3) is 0. The Morgan fingerprint density at radius 1 is 1.44 bits per heavy atom. The summed E-state index contributed by atoms with van der Waals surface area (Å²) in [5.41, 5.74) is 0.00407. The van der Waals surface area contributed by atoms with Gasteiger partial charge in [0.25, 0.3) is 5.89 Å². The first-order valence-corrected chi connectivity index (χ1v) is 4.48. The molecule has 16 heavy (non-hydrogen) atoms. The summed E-state index contributed by atoms with van der Waals surface area (Å²) in [7, 11) is 0. The molecule has 0 radical (unpaired) electrons. The van der Waals surface area contributed by atoms with E-state index >= 15 is 0 Å². The Labute approximate surface area is 93.5 Å². The Morgan fingerprint density at radius 2 is 2.19 bits per heavy atom. The Hall–Kier alpha value is -1.95. The van der Waals surface area contributed by atoms with Crippen molar-refractivity contribution in [1.29, 1.82) is 0 Å². The third-order valence-corrected chi connectivity index (χ3v) is 2.00. The van der Waals surface area contributed by atoms with Crippen molar-refractivity contribution < 1.29 is 18.7 Å². The molecule has 0 aliphatic rings. The fourth-order valence-corrected chi connectivity index (χ4v) is 1.24. The van der Waals surface area contributed by atoms with Gasteiger partial charge >= 0.3 is 11.9 Å². The molecule has 0 saturated carbocycles. The van der Waals surface area contributed by atoms with Crippen molar-refractivity contribution in [2.75, 3.05) is 0 Å². The first-order chi connectivity index (χ1) is 7.58. The summed E-state index contributed by atoms with van der Waals surface area (Å²) in [6.45, 7) is 0. The van der Waals surface area contributed by atoms with E-state index in [9.17, 15) is 9.18 Å². The molecule has 0 saturated heterocycles. The first kappa shape index (κ1) is 10.6. The SMILES string of the molecule is O=C(O)c1nnc(-c2ccc(Cl)cc2F)o1. The van der Waals surface area contributed by atoms with E-state index in [0.29, 0.717) is 0 Å². The molecule has 0 fully saturated rings. The maximum Gasteiger partial charge on any atom is 0.393 e. The van der Waals surface area contributed by atoms with Gasteiger partial charge in [0.15, 0.2) is 0 Å². The van der Waals surface area contributed by atoms with E-state index in [2.05, 4.69) is 10.2 Å². The zero-order chi connectivity index (χ0) is 11.7. The molecular weight excluding hydrogens is 239 g/mol. The number of carbonyl (C=O) groups is 1. The number of benzene rings is 1. The Balaban J connectivity index is 2.46. The summed E-state index contributed by atoms with van der Waals surface area (Å²) >= 11 is 5.56. The summed E-state index contributed by atoms with van der Waals surface area (Å²) in [6.07, 6.45) is 0. The quantitative estimate of drug-likeness (QED) is 0.874. The number of hydrogen-bond donors (Lipinski definition) is 1. The number of aromatic nitrogens is 2. The minimum absolute atomic E-state index is 0.00407. The van der Waals surface area contributed by atoms with E-state index in [4.69, 9.17) is 21.1 Å². The summed E-state index contributed by atoms with van der Waals surface area (Å²) < 4.78 is 18.1. The largest absolute Gasteiger partial charge is 0.474 e. The molecule has 82 valence electrons. The molecule has 5 nitrogen and oxygen atoms in total. The summed E-state index contributed by atoms with van der Waals surface area (Å²) in [5, 5.41) is 15.4. The van der Waals surface area contributed by atoms with Crippen LogP contribution in [0.4, 0.5) is 4.39 Å². The average molecular weight is 243 g/mol. The number of aromatic carboxylic acids is 1. The highest BCUT2D eigenvalue weighted by Gasteiger charge is 2.16. The predicted molar refractivity (Wildman–Crippen MR) is 51.7 cm³/mol. The zero-order valence-electron chi connectivity index (χ0n) is 7.65. The van der Waals surface area contributed by atoms with Crippen LogP contribution in [-0.4, -0.2) is 21.3 Å². The van der Waals surface area contributed by atoms with Gasteiger partial charge in [0.05, 0.1) is 5.56 Å². The van der Waals surface area contributed by atoms with Crippen LogP contribution in [0.15, 0.2) is 22.6 Å². The number of carboxylic acid groups (broad SMARTS) is 1. The topological polar surface area (TPSA) is 76.2 Å². The standard InChI is InChI=1S/C9H4ClFN2O3/c10-4-1-2-5(6(11)3-4)7-12-13-8(16-7)9(14)15/h1-3H,(H,14,15). The summed E-state index contributed by atoms with van der Waals surface area (Å²) in [5.74, 6) is -2.82. The monoisotopic (exact) mass is 242 g/mol. The van der Waals surface area contributed by atoms with Crippen LogP contribution in [0.3, 0.4) is 0 Å². The van der Waals surface area contributed by atoms with Gasteiger partial charge in [-0.25, -0.2) is 9.18 Å². The normalized spacial score (nSPS) is 10.4. The number of rotatable bonds is 2. The highest BCUT2D eigenvalue weighted by molar-refractivity contribution is 6.30. The molecule has 7 heteroatoms. The van der Waals surface area contributed by atoms with Crippen molar-refractivity contribution in [2.45, 2.75) is 0 Å². The van der Waals surface area contributed by atoms with Crippen molar-refractivity contribution in [3.05, 3.63) is 34.9 Å². The van der Waals surface area contributed by atoms with E-state index in [0.717, 1.165) is 6.07 Å². The molecule has 0 atom stereocenters. The molecule has 2 aromatic rings. The summed E-state index contributed by atoms with van der Waals surface area (Å²) in [6, 6.07) is 3.84. The molecule has 0 spiro atoms. The van der Waals surface area contributed by atoms with Crippen LogP contribution in [0, 0.1) is 5.82 Å². The molecule has 0 unspecified atom stereocenters. The average Bonchev–Trinajstić information content (AvgIpc) is 2.66. The van der Waals surface area contributed by atoms with E-state index in [-0.39, 0.29) is 16.5 Å². The van der Waals surface area contributed by atoms with Crippen molar-refractivity contribution in [3.8, 4) is 11.5 Å². The lowest BCUT2D eigenvalue weighted by atomic mass is 10.2. The van der Waals surface area contributed by atoms with Gasteiger partial charge in [-0.15, -0.1) is 10.2 Å². The van der Waals surface area contributed by atoms with Crippen LogP contribution in [0.25, 0.3) is 11.5 Å². The molecule has 0 bridgehead atoms. The highest BCUT2D eigenvalue weighted by Crippen LogP contribution is 2.24. The lowest BCUT2D eigenvalue weighted by Gasteiger charge is -1.97. The molecule has 1 aromatic heterocycles. The third kappa shape index (κ3) is 1.87. The Bertz CT molecular complexity index is 555. The number of carboxylic acids is 1. The van der Waals surface area contributed by atoms with Crippen LogP contribution in [0.2, 0.25) is 5.02 Å². The number of halogens is 2. The smallest absolute Gasteiger partial charge is 0.393 e. The second kappa shape index (κ2) is 3.90. The Kier molecular flexibility index (Phi) is 2.57. The molecule has 1 aromatic carbocycles. The van der Waals surface area contributed by atoms with Gasteiger partial charge < -0.3 is 9.52 Å². The van der Waals surface area contributed by atoms with Gasteiger partial charge in [0.1, 0.15) is 5.82 Å². The van der Waals surface area contributed by atoms with E-state index in [1.165, 1.54) is 12.1 Å². The minimum atomic E-state index is -1.37. The predicted octanol–water partition coefficient (Wildman–Crippen LogP) is 2.23. The van der Waals surface area contributed by atoms with Gasteiger partial charge in [-0.1, -0.05) is 11.6 Å². The maximum absolute atomic E-state index is 13.4. The van der Waals surface area contributed by atoms with Gasteiger partial charge in [0.2, 0.25) is 0 Å². The van der Waals surface area contributed by atoms with Crippen molar-refractivity contribution >= 4 is 17.6 Å². The van der Waals surface area contributed by atoms with Crippen molar-refractivity contribution in [2.24, 2.45) is 0 Å². The Morgan fingerprint density at radius 3 is 2.75 bits per heavy atom. The fourth-order valence-electron chi connectivity index (χ4n) is 1.08. The van der Waals surface area contributed by atoms with Crippen LogP contribution in [0.5, 0.6) is 0 Å². The zero-order valence-corrected chi connectivity index (χ0v) is 8.40. The second-order valence-electron chi connectivity index (χ2n) is 2.84. The van der Waals surface area contributed by atoms with E-state index in [1.807, 2.05) is 0 Å². The lowest BCUT2D eigenvalue weighted by Crippen LogP contribution is -1.95. The van der Waals surface area contributed by atoms with Gasteiger partial charge in [-0.05, 0) is 18.2 Å². The van der Waals surface area contributed by atoms with Gasteiger partial charge in [-0.3, -0.25) is 0 Å². The molecular formula is C9H4ClFN2O3. The molecule has 0 aliphatic carbocycles. The number of hydrogen-bond acceptors (Lipinski definition) is 4. The molecule has 1 heterocycles. The van der Waals surface area contributed by atoms with Crippen molar-refractivity contribution in [3.63, 3.8) is 0 Å². The number of nitrogens with zero attached hydrogens (tertiary/aromatic N) is 2. The molecule has 1 N–H and O–H groups in total. The third-order valence-electron chi connectivity index (χ3n) is 1.77. The van der Waals surface area contributed by atoms with Crippen LogP contribution < -0.4 is 0 Å². The molecule has 0 amide bonds. The lowest BCUT2D eigenvalue weighted by molar-refractivity contribution is 0.0654.